The Labute approximate surface area is 73.3 Å². The molecule has 0 aliphatic carbocycles. The molecule has 0 spiro atoms. The van der Waals surface area contributed by atoms with E-state index in [4.69, 9.17) is 0 Å². The fourth-order valence-corrected chi connectivity index (χ4v) is 2.01. The number of rotatable bonds is 3. The standard InChI is InChI=1S/C10H16S/c1-8(2)4-5-10-9(3)6-7-11-10/h6-8H,4-5H2,1-3H3. The Morgan fingerprint density at radius 2 is 2.18 bits per heavy atom. The molecule has 1 aromatic heterocycles. The van der Waals surface area contributed by atoms with Crippen LogP contribution in [-0.4, -0.2) is 0 Å². The smallest absolute Gasteiger partial charge is 0.00744 e. The molecule has 11 heavy (non-hydrogen) atoms. The highest BCUT2D eigenvalue weighted by Gasteiger charge is 2.00. The summed E-state index contributed by atoms with van der Waals surface area (Å²) in [6.45, 7) is 6.76. The largest absolute Gasteiger partial charge is 0.149 e. The van der Waals surface area contributed by atoms with Gasteiger partial charge in [-0.2, -0.15) is 0 Å². The van der Waals surface area contributed by atoms with Gasteiger partial charge in [0.2, 0.25) is 0 Å². The lowest BCUT2D eigenvalue weighted by Crippen LogP contribution is -1.90. The highest BCUT2D eigenvalue weighted by molar-refractivity contribution is 7.10. The lowest BCUT2D eigenvalue weighted by Gasteiger charge is -2.02. The van der Waals surface area contributed by atoms with E-state index < -0.39 is 0 Å². The molecule has 62 valence electrons. The van der Waals surface area contributed by atoms with Crippen molar-refractivity contribution in [3.8, 4) is 0 Å². The Kier molecular flexibility index (Phi) is 3.13. The molecule has 0 unspecified atom stereocenters. The second kappa shape index (κ2) is 3.91. The molecule has 0 radical (unpaired) electrons. The SMILES string of the molecule is Cc1ccsc1CCC(C)C. The molecule has 0 aliphatic heterocycles. The van der Waals surface area contributed by atoms with Crippen LogP contribution in [0, 0.1) is 12.8 Å². The zero-order valence-electron chi connectivity index (χ0n) is 7.55. The summed E-state index contributed by atoms with van der Waals surface area (Å²) >= 11 is 1.89. The Hall–Kier alpha value is -0.300. The van der Waals surface area contributed by atoms with Crippen molar-refractivity contribution in [2.75, 3.05) is 0 Å². The van der Waals surface area contributed by atoms with Crippen molar-refractivity contribution in [3.63, 3.8) is 0 Å². The number of hydrogen-bond acceptors (Lipinski definition) is 1. The molecule has 0 fully saturated rings. The third kappa shape index (κ3) is 2.66. The van der Waals surface area contributed by atoms with E-state index in [1.807, 2.05) is 11.3 Å². The highest BCUT2D eigenvalue weighted by atomic mass is 32.1. The van der Waals surface area contributed by atoms with Crippen LogP contribution in [0.4, 0.5) is 0 Å². The summed E-state index contributed by atoms with van der Waals surface area (Å²) in [6, 6.07) is 2.21. The van der Waals surface area contributed by atoms with Crippen LogP contribution in [-0.2, 0) is 6.42 Å². The van der Waals surface area contributed by atoms with E-state index in [0.29, 0.717) is 0 Å². The molecule has 1 heteroatoms. The van der Waals surface area contributed by atoms with Crippen molar-refractivity contribution in [1.29, 1.82) is 0 Å². The van der Waals surface area contributed by atoms with Gasteiger partial charge in [-0.25, -0.2) is 0 Å². The summed E-state index contributed by atoms with van der Waals surface area (Å²) in [4.78, 5) is 1.57. The maximum Gasteiger partial charge on any atom is 0.00744 e. The van der Waals surface area contributed by atoms with Crippen molar-refractivity contribution >= 4 is 11.3 Å². The predicted octanol–water partition coefficient (Wildman–Crippen LogP) is 3.65. The molecule has 0 amide bonds. The molecule has 1 rings (SSSR count). The van der Waals surface area contributed by atoms with Gasteiger partial charge in [-0.15, -0.1) is 11.3 Å². The van der Waals surface area contributed by atoms with E-state index in [9.17, 15) is 0 Å². The fraction of sp³-hybridized carbons (Fsp3) is 0.600. The molecular weight excluding hydrogens is 152 g/mol. The van der Waals surface area contributed by atoms with Crippen molar-refractivity contribution in [3.05, 3.63) is 21.9 Å². The molecule has 0 aliphatic rings. The molecule has 1 aromatic rings. The van der Waals surface area contributed by atoms with Gasteiger partial charge in [0.1, 0.15) is 0 Å². The Bertz CT molecular complexity index is 210. The molecule has 0 atom stereocenters. The van der Waals surface area contributed by atoms with Gasteiger partial charge < -0.3 is 0 Å². The van der Waals surface area contributed by atoms with Crippen LogP contribution in [0.25, 0.3) is 0 Å². The highest BCUT2D eigenvalue weighted by Crippen LogP contribution is 2.18. The summed E-state index contributed by atoms with van der Waals surface area (Å²) in [6.07, 6.45) is 2.59. The van der Waals surface area contributed by atoms with Crippen LogP contribution < -0.4 is 0 Å². The molecule has 0 saturated heterocycles. The van der Waals surface area contributed by atoms with Crippen molar-refractivity contribution in [2.45, 2.75) is 33.6 Å². The van der Waals surface area contributed by atoms with Gasteiger partial charge in [0.05, 0.1) is 0 Å². The van der Waals surface area contributed by atoms with E-state index >= 15 is 0 Å². The van der Waals surface area contributed by atoms with Crippen LogP contribution in [0.1, 0.15) is 30.7 Å². The van der Waals surface area contributed by atoms with E-state index in [-0.39, 0.29) is 0 Å². The maximum absolute atomic E-state index is 2.28. The second-order valence-corrected chi connectivity index (χ2v) is 4.46. The zero-order valence-corrected chi connectivity index (χ0v) is 8.37. The van der Waals surface area contributed by atoms with Gasteiger partial charge in [-0.05, 0) is 42.7 Å². The summed E-state index contributed by atoms with van der Waals surface area (Å²) in [7, 11) is 0. The summed E-state index contributed by atoms with van der Waals surface area (Å²) in [5.74, 6) is 0.830. The van der Waals surface area contributed by atoms with Gasteiger partial charge in [-0.3, -0.25) is 0 Å². The summed E-state index contributed by atoms with van der Waals surface area (Å²) < 4.78 is 0. The first-order valence-corrected chi connectivity index (χ1v) is 5.11. The minimum atomic E-state index is 0.830. The Morgan fingerprint density at radius 1 is 1.45 bits per heavy atom. The van der Waals surface area contributed by atoms with Gasteiger partial charge >= 0.3 is 0 Å². The maximum atomic E-state index is 2.28. The van der Waals surface area contributed by atoms with Crippen LogP contribution in [0.15, 0.2) is 11.4 Å². The lowest BCUT2D eigenvalue weighted by atomic mass is 10.1. The van der Waals surface area contributed by atoms with Crippen molar-refractivity contribution in [1.82, 2.24) is 0 Å². The first kappa shape index (κ1) is 8.79. The third-order valence-corrected chi connectivity index (χ3v) is 3.00. The minimum absolute atomic E-state index is 0.830. The fourth-order valence-electron chi connectivity index (χ4n) is 1.08. The summed E-state index contributed by atoms with van der Waals surface area (Å²) in [5.41, 5.74) is 1.47. The van der Waals surface area contributed by atoms with Crippen molar-refractivity contribution in [2.24, 2.45) is 5.92 Å². The lowest BCUT2D eigenvalue weighted by molar-refractivity contribution is 0.589. The first-order chi connectivity index (χ1) is 5.20. The van der Waals surface area contributed by atoms with E-state index in [1.54, 1.807) is 4.88 Å². The molecule has 0 nitrogen and oxygen atoms in total. The number of hydrogen-bond donors (Lipinski definition) is 0. The van der Waals surface area contributed by atoms with Gasteiger partial charge in [0.15, 0.2) is 0 Å². The zero-order chi connectivity index (χ0) is 8.27. The normalized spacial score (nSPS) is 10.9. The molecule has 0 saturated carbocycles. The van der Waals surface area contributed by atoms with E-state index in [2.05, 4.69) is 32.2 Å². The topological polar surface area (TPSA) is 0 Å². The number of aryl methyl sites for hydroxylation is 2. The number of thiophene rings is 1. The van der Waals surface area contributed by atoms with Crippen LogP contribution in [0.2, 0.25) is 0 Å². The minimum Gasteiger partial charge on any atom is -0.149 e. The third-order valence-electron chi connectivity index (χ3n) is 1.92. The average Bonchev–Trinajstić information content (AvgIpc) is 2.31. The van der Waals surface area contributed by atoms with Gasteiger partial charge in [0.25, 0.3) is 0 Å². The molecule has 1 heterocycles. The van der Waals surface area contributed by atoms with Gasteiger partial charge in [0, 0.05) is 4.88 Å². The van der Waals surface area contributed by atoms with E-state index in [1.165, 1.54) is 18.4 Å². The van der Waals surface area contributed by atoms with Crippen LogP contribution in [0.3, 0.4) is 0 Å². The Morgan fingerprint density at radius 3 is 2.64 bits per heavy atom. The molecule has 0 N–H and O–H groups in total. The van der Waals surface area contributed by atoms with Crippen molar-refractivity contribution < 1.29 is 0 Å². The summed E-state index contributed by atoms with van der Waals surface area (Å²) in [5, 5.41) is 2.19. The average molecular weight is 168 g/mol. The Balaban J connectivity index is 2.44. The van der Waals surface area contributed by atoms with Crippen LogP contribution in [0.5, 0.6) is 0 Å². The van der Waals surface area contributed by atoms with Gasteiger partial charge in [-0.1, -0.05) is 13.8 Å². The predicted molar refractivity (Wildman–Crippen MR) is 52.2 cm³/mol. The first-order valence-electron chi connectivity index (χ1n) is 4.23. The van der Waals surface area contributed by atoms with Crippen LogP contribution >= 0.6 is 11.3 Å². The molecular formula is C10H16S. The monoisotopic (exact) mass is 168 g/mol. The van der Waals surface area contributed by atoms with E-state index in [0.717, 1.165) is 5.92 Å². The molecule has 0 aromatic carbocycles. The quantitative estimate of drug-likeness (QED) is 0.646. The molecule has 0 bridgehead atoms. The second-order valence-electron chi connectivity index (χ2n) is 3.46.